The van der Waals surface area contributed by atoms with Crippen LogP contribution in [0.25, 0.3) is 0 Å². The number of likely N-dealkylation sites (tertiary alicyclic amines) is 1. The molecule has 0 atom stereocenters. The molecule has 9 heavy (non-hydrogen) atoms. The Balaban J connectivity index is 2.29. The van der Waals surface area contributed by atoms with Crippen LogP contribution in [0.2, 0.25) is 0 Å². The van der Waals surface area contributed by atoms with Crippen LogP contribution in [0.4, 0.5) is 0 Å². The largest absolute Gasteiger partial charge is 0.295 e. The Bertz CT molecular complexity index is 131. The zero-order valence-corrected chi connectivity index (χ0v) is 6.28. The highest BCUT2D eigenvalue weighted by atomic mass is 32.1. The molecule has 0 saturated carbocycles. The van der Waals surface area contributed by atoms with Gasteiger partial charge in [-0.3, -0.25) is 4.90 Å². The summed E-state index contributed by atoms with van der Waals surface area (Å²) in [6.07, 6.45) is 3.02. The molecule has 0 bridgehead atoms. The van der Waals surface area contributed by atoms with Crippen molar-refractivity contribution in [1.82, 2.24) is 4.90 Å². The topological polar surface area (TPSA) is 3.24 Å². The maximum Gasteiger partial charge on any atom is 0.0301 e. The number of nitrogens with zero attached hydrogens (tertiary/aromatic N) is 1. The fourth-order valence-corrected chi connectivity index (χ4v) is 1.30. The highest BCUT2D eigenvalue weighted by molar-refractivity contribution is 7.80. The van der Waals surface area contributed by atoms with Crippen molar-refractivity contribution >= 4 is 17.1 Å². The van der Waals surface area contributed by atoms with Gasteiger partial charge in [0.15, 0.2) is 0 Å². The van der Waals surface area contributed by atoms with Gasteiger partial charge in [-0.05, 0) is 6.42 Å². The van der Waals surface area contributed by atoms with Gasteiger partial charge in [0, 0.05) is 24.5 Å². The van der Waals surface area contributed by atoms with E-state index in [2.05, 4.69) is 11.5 Å². The van der Waals surface area contributed by atoms with E-state index in [0.29, 0.717) is 0 Å². The van der Waals surface area contributed by atoms with Crippen LogP contribution in [-0.4, -0.2) is 29.4 Å². The molecule has 0 radical (unpaired) electrons. The maximum absolute atomic E-state index is 5.03. The van der Waals surface area contributed by atoms with Crippen LogP contribution in [0, 0.1) is 0 Å². The van der Waals surface area contributed by atoms with E-state index >= 15 is 0 Å². The Labute approximate surface area is 61.4 Å². The first kappa shape index (κ1) is 6.90. The predicted octanol–water partition coefficient (Wildman–Crippen LogP) is 1.25. The Hall–Kier alpha value is -0.210. The Kier molecular flexibility index (Phi) is 2.37. The number of hydrogen-bond acceptors (Lipinski definition) is 2. The molecule has 0 aliphatic carbocycles. The van der Waals surface area contributed by atoms with Crippen LogP contribution in [0.3, 0.4) is 0 Å². The van der Waals surface area contributed by atoms with Gasteiger partial charge in [-0.1, -0.05) is 18.3 Å². The lowest BCUT2D eigenvalue weighted by atomic mass is 10.4. The van der Waals surface area contributed by atoms with Crippen molar-refractivity contribution in [3.63, 3.8) is 0 Å². The van der Waals surface area contributed by atoms with Gasteiger partial charge in [0.05, 0.1) is 0 Å². The lowest BCUT2D eigenvalue weighted by Gasteiger charge is -2.08. The molecule has 1 aliphatic heterocycles. The van der Waals surface area contributed by atoms with Gasteiger partial charge in [0.25, 0.3) is 0 Å². The Morgan fingerprint density at radius 3 is 3.00 bits per heavy atom. The van der Waals surface area contributed by atoms with Gasteiger partial charge in [-0.15, -0.1) is 6.58 Å². The maximum atomic E-state index is 5.03. The second-order valence-electron chi connectivity index (χ2n) is 2.31. The molecule has 0 amide bonds. The minimum atomic E-state index is 0.986. The summed E-state index contributed by atoms with van der Waals surface area (Å²) >= 11 is 5.03. The van der Waals surface area contributed by atoms with Crippen LogP contribution in [0.5, 0.6) is 0 Å². The molecule has 1 nitrogen and oxygen atoms in total. The van der Waals surface area contributed by atoms with Crippen LogP contribution >= 0.6 is 12.2 Å². The van der Waals surface area contributed by atoms with Gasteiger partial charge in [0.2, 0.25) is 0 Å². The monoisotopic (exact) mass is 141 g/mol. The first-order chi connectivity index (χ1) is 4.33. The number of thiocarbonyl (C=S) groups is 1. The molecule has 0 aromatic carbocycles. The highest BCUT2D eigenvalue weighted by Gasteiger charge is 2.13. The molecule has 1 aliphatic rings. The van der Waals surface area contributed by atoms with E-state index < -0.39 is 0 Å². The molecular formula is C7H11NS. The van der Waals surface area contributed by atoms with Gasteiger partial charge < -0.3 is 0 Å². The van der Waals surface area contributed by atoms with Gasteiger partial charge in [0.1, 0.15) is 0 Å². The molecule has 0 aromatic rings. The molecule has 1 saturated heterocycles. The molecule has 0 spiro atoms. The fraction of sp³-hybridized carbons (Fsp3) is 0.571. The van der Waals surface area contributed by atoms with E-state index in [1.165, 1.54) is 4.86 Å². The summed E-state index contributed by atoms with van der Waals surface area (Å²) < 4.78 is 0. The van der Waals surface area contributed by atoms with Crippen molar-refractivity contribution in [2.45, 2.75) is 6.42 Å². The van der Waals surface area contributed by atoms with Crippen molar-refractivity contribution < 1.29 is 0 Å². The van der Waals surface area contributed by atoms with Crippen molar-refractivity contribution in [2.75, 3.05) is 19.6 Å². The summed E-state index contributed by atoms with van der Waals surface area (Å²) in [5.41, 5.74) is 0. The van der Waals surface area contributed by atoms with Crippen LogP contribution < -0.4 is 0 Å². The number of hydrogen-bond donors (Lipinski definition) is 0. The highest BCUT2D eigenvalue weighted by Crippen LogP contribution is 2.04. The summed E-state index contributed by atoms with van der Waals surface area (Å²) in [5.74, 6) is 0. The molecule has 1 rings (SSSR count). The minimum Gasteiger partial charge on any atom is -0.295 e. The van der Waals surface area contributed by atoms with Gasteiger partial charge in [-0.25, -0.2) is 0 Å². The minimum absolute atomic E-state index is 0.986. The van der Waals surface area contributed by atoms with Crippen molar-refractivity contribution in [3.8, 4) is 0 Å². The first-order valence-corrected chi connectivity index (χ1v) is 3.58. The first-order valence-electron chi connectivity index (χ1n) is 3.18. The molecule has 1 fully saturated rings. The van der Waals surface area contributed by atoms with Crippen molar-refractivity contribution in [1.29, 1.82) is 0 Å². The van der Waals surface area contributed by atoms with E-state index in [4.69, 9.17) is 12.2 Å². The second kappa shape index (κ2) is 3.08. The lowest BCUT2D eigenvalue weighted by Crippen LogP contribution is -2.19. The third-order valence-electron chi connectivity index (χ3n) is 1.49. The van der Waals surface area contributed by atoms with Crippen LogP contribution in [-0.2, 0) is 0 Å². The predicted molar refractivity (Wildman–Crippen MR) is 43.9 cm³/mol. The third-order valence-corrected chi connectivity index (χ3v) is 1.83. The van der Waals surface area contributed by atoms with E-state index in [-0.39, 0.29) is 0 Å². The summed E-state index contributed by atoms with van der Waals surface area (Å²) in [4.78, 5) is 3.49. The van der Waals surface area contributed by atoms with Gasteiger partial charge >= 0.3 is 0 Å². The average Bonchev–Trinajstić information content (AvgIpc) is 2.17. The molecule has 1 heterocycles. The Morgan fingerprint density at radius 2 is 2.56 bits per heavy atom. The summed E-state index contributed by atoms with van der Waals surface area (Å²) in [5, 5.41) is 0. The average molecular weight is 141 g/mol. The summed E-state index contributed by atoms with van der Waals surface area (Å²) in [7, 11) is 0. The quantitative estimate of drug-likeness (QED) is 0.420. The molecule has 0 aromatic heterocycles. The summed E-state index contributed by atoms with van der Waals surface area (Å²) in [6.45, 7) is 6.78. The van der Waals surface area contributed by atoms with E-state index in [1.54, 1.807) is 0 Å². The summed E-state index contributed by atoms with van der Waals surface area (Å²) in [6, 6.07) is 0. The zero-order chi connectivity index (χ0) is 6.69. The molecule has 0 unspecified atom stereocenters. The molecular weight excluding hydrogens is 130 g/mol. The van der Waals surface area contributed by atoms with Gasteiger partial charge in [-0.2, -0.15) is 0 Å². The molecule has 50 valence electrons. The standard InChI is InChI=1S/C7H11NS/c1-2-4-8-5-3-7(9)6-8/h2H,1,3-6H2. The SMILES string of the molecule is C=CCN1CCC(=S)C1. The van der Waals surface area contributed by atoms with Crippen LogP contribution in [0.1, 0.15) is 6.42 Å². The Morgan fingerprint density at radius 1 is 1.78 bits per heavy atom. The molecule has 2 heteroatoms. The van der Waals surface area contributed by atoms with Crippen LogP contribution in [0.15, 0.2) is 12.7 Å². The molecule has 0 N–H and O–H groups in total. The van der Waals surface area contributed by atoms with E-state index in [1.807, 2.05) is 6.08 Å². The number of rotatable bonds is 2. The second-order valence-corrected chi connectivity index (χ2v) is 2.89. The van der Waals surface area contributed by atoms with E-state index in [9.17, 15) is 0 Å². The van der Waals surface area contributed by atoms with E-state index in [0.717, 1.165) is 26.1 Å². The third kappa shape index (κ3) is 1.88. The lowest BCUT2D eigenvalue weighted by molar-refractivity contribution is 0.388. The van der Waals surface area contributed by atoms with Crippen molar-refractivity contribution in [3.05, 3.63) is 12.7 Å². The fourth-order valence-electron chi connectivity index (χ4n) is 1.03. The van der Waals surface area contributed by atoms with Crippen molar-refractivity contribution in [2.24, 2.45) is 0 Å². The zero-order valence-electron chi connectivity index (χ0n) is 5.47. The normalized spacial score (nSPS) is 20.7. The smallest absolute Gasteiger partial charge is 0.0301 e.